The largest absolute Gasteiger partial charge is 0.493 e. The lowest BCUT2D eigenvalue weighted by Gasteiger charge is -2.06. The van der Waals surface area contributed by atoms with Gasteiger partial charge >= 0.3 is 0 Å². The molecule has 0 atom stereocenters. The van der Waals surface area contributed by atoms with Gasteiger partial charge in [0.05, 0.1) is 6.61 Å². The molecular formula is C15H15NO2. The molecule has 0 spiro atoms. The summed E-state index contributed by atoms with van der Waals surface area (Å²) in [6.45, 7) is 2.16. The first-order chi connectivity index (χ1) is 8.75. The Balaban J connectivity index is 1.85. The van der Waals surface area contributed by atoms with Crippen LogP contribution in [0.1, 0.15) is 22.8 Å². The second-order valence-corrected chi connectivity index (χ2v) is 4.04. The molecule has 1 aromatic heterocycles. The Bertz CT molecular complexity index is 506. The predicted molar refractivity (Wildman–Crippen MR) is 69.9 cm³/mol. The monoisotopic (exact) mass is 241 g/mol. The van der Waals surface area contributed by atoms with Crippen LogP contribution in [-0.2, 0) is 6.42 Å². The van der Waals surface area contributed by atoms with Crippen LogP contribution in [0.3, 0.4) is 0 Å². The van der Waals surface area contributed by atoms with Crippen LogP contribution in [0.15, 0.2) is 48.8 Å². The smallest absolute Gasteiger partial charge is 0.159 e. The number of Topliss-reactive ketones (excluding diaryl/α,β-unsaturated/α-hetero) is 1. The number of hydrogen-bond acceptors (Lipinski definition) is 3. The normalized spacial score (nSPS) is 10.1. The molecule has 3 nitrogen and oxygen atoms in total. The van der Waals surface area contributed by atoms with Gasteiger partial charge in [-0.15, -0.1) is 0 Å². The van der Waals surface area contributed by atoms with E-state index in [1.807, 2.05) is 30.5 Å². The van der Waals surface area contributed by atoms with E-state index in [0.29, 0.717) is 12.2 Å². The number of carbonyl (C=O) groups is 1. The molecule has 18 heavy (non-hydrogen) atoms. The van der Waals surface area contributed by atoms with E-state index in [4.69, 9.17) is 4.74 Å². The van der Waals surface area contributed by atoms with Gasteiger partial charge in [-0.2, -0.15) is 0 Å². The second kappa shape index (κ2) is 5.96. The Morgan fingerprint density at radius 2 is 2.00 bits per heavy atom. The molecule has 0 radical (unpaired) electrons. The third-order valence-electron chi connectivity index (χ3n) is 2.64. The van der Waals surface area contributed by atoms with E-state index in [1.165, 1.54) is 0 Å². The predicted octanol–water partition coefficient (Wildman–Crippen LogP) is 2.91. The van der Waals surface area contributed by atoms with Crippen LogP contribution >= 0.6 is 0 Å². The fraction of sp³-hybridized carbons (Fsp3) is 0.200. The second-order valence-electron chi connectivity index (χ2n) is 4.04. The zero-order valence-corrected chi connectivity index (χ0v) is 10.3. The van der Waals surface area contributed by atoms with Gasteiger partial charge in [-0.3, -0.25) is 9.78 Å². The highest BCUT2D eigenvalue weighted by atomic mass is 16.5. The molecule has 0 amide bonds. The Labute approximate surface area is 106 Å². The maximum absolute atomic E-state index is 11.1. The molecule has 0 bridgehead atoms. The van der Waals surface area contributed by atoms with Crippen molar-refractivity contribution in [3.05, 3.63) is 59.9 Å². The van der Waals surface area contributed by atoms with Gasteiger partial charge < -0.3 is 4.74 Å². The molecule has 0 fully saturated rings. The van der Waals surface area contributed by atoms with Gasteiger partial charge in [-0.1, -0.05) is 6.07 Å². The van der Waals surface area contributed by atoms with Gasteiger partial charge in [0.2, 0.25) is 0 Å². The van der Waals surface area contributed by atoms with Gasteiger partial charge in [0, 0.05) is 24.4 Å². The molecule has 0 N–H and O–H groups in total. The molecule has 1 heterocycles. The van der Waals surface area contributed by atoms with Gasteiger partial charge in [0.25, 0.3) is 0 Å². The number of carbonyl (C=O) groups excluding carboxylic acids is 1. The maximum Gasteiger partial charge on any atom is 0.159 e. The number of hydrogen-bond donors (Lipinski definition) is 0. The minimum absolute atomic E-state index is 0.0666. The summed E-state index contributed by atoms with van der Waals surface area (Å²) >= 11 is 0. The highest BCUT2D eigenvalue weighted by Gasteiger charge is 1.99. The summed E-state index contributed by atoms with van der Waals surface area (Å²) < 4.78 is 5.61. The molecule has 0 aliphatic heterocycles. The molecule has 1 aromatic carbocycles. The minimum Gasteiger partial charge on any atom is -0.493 e. The van der Waals surface area contributed by atoms with Crippen molar-refractivity contribution in [3.8, 4) is 5.75 Å². The van der Waals surface area contributed by atoms with E-state index < -0.39 is 0 Å². The van der Waals surface area contributed by atoms with Crippen molar-refractivity contribution in [2.45, 2.75) is 13.3 Å². The lowest BCUT2D eigenvalue weighted by Crippen LogP contribution is -2.01. The summed E-state index contributed by atoms with van der Waals surface area (Å²) in [5, 5.41) is 0. The van der Waals surface area contributed by atoms with E-state index >= 15 is 0 Å². The number of pyridine rings is 1. The van der Waals surface area contributed by atoms with Crippen LogP contribution in [0.25, 0.3) is 0 Å². The lowest BCUT2D eigenvalue weighted by atomic mass is 10.1. The van der Waals surface area contributed by atoms with Crippen molar-refractivity contribution < 1.29 is 9.53 Å². The number of ether oxygens (including phenoxy) is 1. The quantitative estimate of drug-likeness (QED) is 0.755. The number of ketones is 1. The summed E-state index contributed by atoms with van der Waals surface area (Å²) in [6, 6.07) is 11.1. The van der Waals surface area contributed by atoms with Crippen molar-refractivity contribution in [2.24, 2.45) is 0 Å². The molecule has 92 valence electrons. The topological polar surface area (TPSA) is 39.2 Å². The Hall–Kier alpha value is -2.16. The SMILES string of the molecule is CC(=O)c1ccc(OCCc2cccnc2)cc1. The highest BCUT2D eigenvalue weighted by Crippen LogP contribution is 2.13. The van der Waals surface area contributed by atoms with Crippen LogP contribution in [0.4, 0.5) is 0 Å². The van der Waals surface area contributed by atoms with Crippen LogP contribution < -0.4 is 4.74 Å². The summed E-state index contributed by atoms with van der Waals surface area (Å²) in [5.74, 6) is 0.848. The van der Waals surface area contributed by atoms with Crippen LogP contribution in [-0.4, -0.2) is 17.4 Å². The average Bonchev–Trinajstić information content (AvgIpc) is 2.40. The van der Waals surface area contributed by atoms with E-state index in [-0.39, 0.29) is 5.78 Å². The lowest BCUT2D eigenvalue weighted by molar-refractivity contribution is 0.101. The van der Waals surface area contributed by atoms with Crippen molar-refractivity contribution in [1.82, 2.24) is 4.98 Å². The summed E-state index contributed by atoms with van der Waals surface area (Å²) in [5.41, 5.74) is 1.85. The third-order valence-corrected chi connectivity index (χ3v) is 2.64. The molecule has 3 heteroatoms. The number of aromatic nitrogens is 1. The van der Waals surface area contributed by atoms with Crippen molar-refractivity contribution >= 4 is 5.78 Å². The highest BCUT2D eigenvalue weighted by molar-refractivity contribution is 5.94. The molecule has 0 saturated heterocycles. The number of nitrogens with zero attached hydrogens (tertiary/aromatic N) is 1. The van der Waals surface area contributed by atoms with Crippen molar-refractivity contribution in [2.75, 3.05) is 6.61 Å². The van der Waals surface area contributed by atoms with Gasteiger partial charge in [-0.25, -0.2) is 0 Å². The minimum atomic E-state index is 0.0666. The Kier molecular flexibility index (Phi) is 4.07. The first-order valence-electron chi connectivity index (χ1n) is 5.88. The summed E-state index contributed by atoms with van der Waals surface area (Å²) in [7, 11) is 0. The van der Waals surface area contributed by atoms with Gasteiger partial charge in [-0.05, 0) is 42.8 Å². The van der Waals surface area contributed by atoms with Crippen molar-refractivity contribution in [1.29, 1.82) is 0 Å². The van der Waals surface area contributed by atoms with Crippen molar-refractivity contribution in [3.63, 3.8) is 0 Å². The molecule has 0 aliphatic rings. The standard InChI is InChI=1S/C15H15NO2/c1-12(17)14-4-6-15(7-5-14)18-10-8-13-3-2-9-16-11-13/h2-7,9,11H,8,10H2,1H3. The Morgan fingerprint density at radius 1 is 1.22 bits per heavy atom. The zero-order chi connectivity index (χ0) is 12.8. The first kappa shape index (κ1) is 12.3. The fourth-order valence-corrected chi connectivity index (χ4v) is 1.62. The molecule has 0 saturated carbocycles. The summed E-state index contributed by atoms with van der Waals surface area (Å²) in [6.07, 6.45) is 4.41. The Morgan fingerprint density at radius 3 is 2.61 bits per heavy atom. The van der Waals surface area contributed by atoms with E-state index in [2.05, 4.69) is 4.98 Å². The van der Waals surface area contributed by atoms with E-state index in [9.17, 15) is 4.79 Å². The number of benzene rings is 1. The molecule has 2 aromatic rings. The van der Waals surface area contributed by atoms with Crippen LogP contribution in [0.2, 0.25) is 0 Å². The van der Waals surface area contributed by atoms with Gasteiger partial charge in [0.15, 0.2) is 5.78 Å². The van der Waals surface area contributed by atoms with Crippen LogP contribution in [0.5, 0.6) is 5.75 Å². The van der Waals surface area contributed by atoms with E-state index in [0.717, 1.165) is 17.7 Å². The maximum atomic E-state index is 11.1. The zero-order valence-electron chi connectivity index (χ0n) is 10.3. The van der Waals surface area contributed by atoms with E-state index in [1.54, 1.807) is 25.3 Å². The third kappa shape index (κ3) is 3.42. The number of rotatable bonds is 5. The molecule has 0 unspecified atom stereocenters. The fourth-order valence-electron chi connectivity index (χ4n) is 1.62. The molecule has 0 aliphatic carbocycles. The average molecular weight is 241 g/mol. The first-order valence-corrected chi connectivity index (χ1v) is 5.88. The van der Waals surface area contributed by atoms with Gasteiger partial charge in [0.1, 0.15) is 5.75 Å². The molecule has 2 rings (SSSR count). The summed E-state index contributed by atoms with van der Waals surface area (Å²) in [4.78, 5) is 15.2. The van der Waals surface area contributed by atoms with Crippen LogP contribution in [0, 0.1) is 0 Å². The molecular weight excluding hydrogens is 226 g/mol.